The largest absolute Gasteiger partial charge is 0.378 e. The predicted octanol–water partition coefficient (Wildman–Crippen LogP) is 3.53. The van der Waals surface area contributed by atoms with Gasteiger partial charge < -0.3 is 23.7 Å². The normalized spacial score (nSPS) is 27.6. The third-order valence-corrected chi connectivity index (χ3v) is 6.39. The van der Waals surface area contributed by atoms with Crippen molar-refractivity contribution in [2.75, 3.05) is 98.8 Å². The Bertz CT molecular complexity index is 446. The van der Waals surface area contributed by atoms with Crippen LogP contribution >= 0.6 is 0 Å². The molecular formula is C26H52N2O6. The second kappa shape index (κ2) is 21.9. The first-order valence-electron chi connectivity index (χ1n) is 13.9. The fourth-order valence-corrected chi connectivity index (χ4v) is 4.23. The standard InChI is InChI=1S/C26H52N2O6/c1-2-3-4-5-6-7-8-9-10-26-25-32-18-13-27-11-16-29-21-22-31-19-14-28(15-20-33-26)34-24-23-30-17-12-27/h26H,2-25H2,1H3. The van der Waals surface area contributed by atoms with E-state index in [1.165, 1.54) is 51.4 Å². The van der Waals surface area contributed by atoms with E-state index in [0.29, 0.717) is 79.2 Å². The first-order valence-corrected chi connectivity index (χ1v) is 13.9. The van der Waals surface area contributed by atoms with Crippen molar-refractivity contribution in [2.24, 2.45) is 0 Å². The number of hydroxylamine groups is 2. The zero-order valence-electron chi connectivity index (χ0n) is 21.9. The Morgan fingerprint density at radius 2 is 1.12 bits per heavy atom. The van der Waals surface area contributed by atoms with Crippen molar-refractivity contribution in [3.63, 3.8) is 0 Å². The van der Waals surface area contributed by atoms with Gasteiger partial charge in [0.05, 0.1) is 72.2 Å². The van der Waals surface area contributed by atoms with Crippen LogP contribution in [0, 0.1) is 0 Å². The Kier molecular flexibility index (Phi) is 19.3. The third-order valence-electron chi connectivity index (χ3n) is 6.39. The summed E-state index contributed by atoms with van der Waals surface area (Å²) < 4.78 is 29.6. The van der Waals surface area contributed by atoms with E-state index in [9.17, 15) is 0 Å². The lowest BCUT2D eigenvalue weighted by Gasteiger charge is -2.26. The van der Waals surface area contributed by atoms with Crippen LogP contribution in [0.2, 0.25) is 0 Å². The molecule has 0 amide bonds. The maximum absolute atomic E-state index is 6.27. The van der Waals surface area contributed by atoms with Gasteiger partial charge in [-0.2, -0.15) is 5.06 Å². The van der Waals surface area contributed by atoms with Gasteiger partial charge in [-0.3, -0.25) is 9.74 Å². The summed E-state index contributed by atoms with van der Waals surface area (Å²) in [4.78, 5) is 8.30. The highest BCUT2D eigenvalue weighted by Gasteiger charge is 2.14. The monoisotopic (exact) mass is 488 g/mol. The lowest BCUT2D eigenvalue weighted by Crippen LogP contribution is -2.37. The lowest BCUT2D eigenvalue weighted by atomic mass is 10.1. The van der Waals surface area contributed by atoms with Gasteiger partial charge in [0.25, 0.3) is 0 Å². The topological polar surface area (TPSA) is 61.9 Å². The molecule has 3 unspecified atom stereocenters. The Morgan fingerprint density at radius 1 is 0.559 bits per heavy atom. The van der Waals surface area contributed by atoms with E-state index >= 15 is 0 Å². The molecule has 0 saturated carbocycles. The van der Waals surface area contributed by atoms with Gasteiger partial charge in [0.1, 0.15) is 0 Å². The van der Waals surface area contributed by atoms with Crippen LogP contribution in [0.25, 0.3) is 0 Å². The SMILES string of the molecule is CCCCCCCCCCC1COCCN2CCOCCOCCN(CCO1)OCCOCC2. The smallest absolute Gasteiger partial charge is 0.0918 e. The van der Waals surface area contributed by atoms with Gasteiger partial charge in [-0.1, -0.05) is 58.3 Å². The minimum atomic E-state index is 0.144. The molecule has 202 valence electrons. The molecule has 2 bridgehead atoms. The molecule has 8 nitrogen and oxygen atoms in total. The van der Waals surface area contributed by atoms with Gasteiger partial charge in [0.15, 0.2) is 0 Å². The minimum absolute atomic E-state index is 0.144. The fourth-order valence-electron chi connectivity index (χ4n) is 4.23. The van der Waals surface area contributed by atoms with Crippen LogP contribution in [0.1, 0.15) is 64.7 Å². The molecule has 2 fully saturated rings. The molecule has 0 radical (unpaired) electrons. The first kappa shape index (κ1) is 29.9. The van der Waals surface area contributed by atoms with E-state index in [1.54, 1.807) is 0 Å². The quantitative estimate of drug-likeness (QED) is 0.361. The van der Waals surface area contributed by atoms with Gasteiger partial charge in [0.2, 0.25) is 0 Å². The number of hydrogen-bond acceptors (Lipinski definition) is 8. The van der Waals surface area contributed by atoms with Gasteiger partial charge in [0, 0.05) is 32.7 Å². The number of rotatable bonds is 9. The lowest BCUT2D eigenvalue weighted by molar-refractivity contribution is -0.187. The zero-order chi connectivity index (χ0) is 23.9. The summed E-state index contributed by atoms with van der Waals surface area (Å²) in [5.74, 6) is 0. The molecule has 0 N–H and O–H groups in total. The van der Waals surface area contributed by atoms with Crippen LogP contribution in [-0.4, -0.2) is 115 Å². The Balaban J connectivity index is 1.82. The molecule has 3 atom stereocenters. The van der Waals surface area contributed by atoms with Crippen LogP contribution in [-0.2, 0) is 28.5 Å². The van der Waals surface area contributed by atoms with Crippen LogP contribution in [0.5, 0.6) is 0 Å². The summed E-state index contributed by atoms with van der Waals surface area (Å²) in [6.45, 7) is 12.6. The molecule has 2 aliphatic heterocycles. The number of hydrogen-bond donors (Lipinski definition) is 0. The van der Waals surface area contributed by atoms with E-state index in [0.717, 1.165) is 26.1 Å². The summed E-state index contributed by atoms with van der Waals surface area (Å²) in [5, 5.41) is 1.95. The van der Waals surface area contributed by atoms with Gasteiger partial charge in [-0.25, -0.2) is 0 Å². The average Bonchev–Trinajstić information content (AvgIpc) is 2.84. The van der Waals surface area contributed by atoms with E-state index in [4.69, 9.17) is 28.5 Å². The fraction of sp³-hybridized carbons (Fsp3) is 1.00. The van der Waals surface area contributed by atoms with Crippen LogP contribution < -0.4 is 0 Å². The van der Waals surface area contributed by atoms with Crippen molar-refractivity contribution in [1.82, 2.24) is 9.96 Å². The molecule has 0 spiro atoms. The highest BCUT2D eigenvalue weighted by atomic mass is 16.7. The highest BCUT2D eigenvalue weighted by molar-refractivity contribution is 4.62. The van der Waals surface area contributed by atoms with Crippen molar-refractivity contribution in [1.29, 1.82) is 0 Å². The molecule has 2 aliphatic rings. The van der Waals surface area contributed by atoms with Crippen molar-refractivity contribution in [2.45, 2.75) is 70.8 Å². The molecule has 0 aromatic carbocycles. The van der Waals surface area contributed by atoms with Gasteiger partial charge in [-0.05, 0) is 6.42 Å². The van der Waals surface area contributed by atoms with Crippen molar-refractivity contribution < 1.29 is 28.5 Å². The molecule has 8 heteroatoms. The number of nitrogens with zero attached hydrogens (tertiary/aromatic N) is 2. The van der Waals surface area contributed by atoms with Crippen molar-refractivity contribution in [3.05, 3.63) is 0 Å². The van der Waals surface area contributed by atoms with Gasteiger partial charge in [-0.15, -0.1) is 0 Å². The van der Waals surface area contributed by atoms with Crippen LogP contribution in [0.15, 0.2) is 0 Å². The van der Waals surface area contributed by atoms with E-state index in [-0.39, 0.29) is 6.10 Å². The Hall–Kier alpha value is -0.320. The zero-order valence-corrected chi connectivity index (χ0v) is 21.9. The number of fused-ring (bicyclic) bond motifs is 7. The van der Waals surface area contributed by atoms with Gasteiger partial charge >= 0.3 is 0 Å². The second-order valence-electron chi connectivity index (χ2n) is 9.27. The minimum Gasteiger partial charge on any atom is -0.378 e. The predicted molar refractivity (Wildman–Crippen MR) is 134 cm³/mol. The van der Waals surface area contributed by atoms with E-state index in [2.05, 4.69) is 11.8 Å². The Labute approximate surface area is 208 Å². The summed E-state index contributed by atoms with van der Waals surface area (Å²) in [5.41, 5.74) is 0. The maximum Gasteiger partial charge on any atom is 0.0918 e. The van der Waals surface area contributed by atoms with Crippen molar-refractivity contribution >= 4 is 0 Å². The summed E-state index contributed by atoms with van der Waals surface area (Å²) >= 11 is 0. The molecule has 2 heterocycles. The summed E-state index contributed by atoms with van der Waals surface area (Å²) in [6, 6.07) is 0. The third kappa shape index (κ3) is 16.4. The second-order valence-corrected chi connectivity index (χ2v) is 9.27. The molecule has 34 heavy (non-hydrogen) atoms. The average molecular weight is 489 g/mol. The molecule has 0 aliphatic carbocycles. The molecule has 2 rings (SSSR count). The molecule has 0 aromatic rings. The summed E-state index contributed by atoms with van der Waals surface area (Å²) in [7, 11) is 0. The number of ether oxygens (including phenoxy) is 5. The van der Waals surface area contributed by atoms with E-state index in [1.807, 2.05) is 5.06 Å². The maximum atomic E-state index is 6.27. The van der Waals surface area contributed by atoms with Crippen molar-refractivity contribution in [3.8, 4) is 0 Å². The molecule has 2 saturated heterocycles. The van der Waals surface area contributed by atoms with Crippen LogP contribution in [0.3, 0.4) is 0 Å². The Morgan fingerprint density at radius 3 is 1.82 bits per heavy atom. The molecular weight excluding hydrogens is 436 g/mol. The first-order chi connectivity index (χ1) is 16.9. The van der Waals surface area contributed by atoms with Crippen LogP contribution in [0.4, 0.5) is 0 Å². The van der Waals surface area contributed by atoms with E-state index < -0.39 is 0 Å². The summed E-state index contributed by atoms with van der Waals surface area (Å²) in [6.07, 6.45) is 11.8. The molecule has 0 aromatic heterocycles. The highest BCUT2D eigenvalue weighted by Crippen LogP contribution is 2.13. The number of unbranched alkanes of at least 4 members (excludes halogenated alkanes) is 7.